The smallest absolute Gasteiger partial charge is 0.253 e. The number of thiophene rings is 1. The topological polar surface area (TPSA) is 108 Å². The summed E-state index contributed by atoms with van der Waals surface area (Å²) in [5.74, 6) is -0.164. The van der Waals surface area contributed by atoms with Gasteiger partial charge in [-0.3, -0.25) is 4.79 Å². The van der Waals surface area contributed by atoms with Gasteiger partial charge in [-0.25, -0.2) is 21.8 Å². The van der Waals surface area contributed by atoms with Gasteiger partial charge in [-0.1, -0.05) is 29.4 Å². The van der Waals surface area contributed by atoms with E-state index in [4.69, 9.17) is 11.6 Å². The van der Waals surface area contributed by atoms with E-state index >= 15 is 0 Å². The van der Waals surface area contributed by atoms with Crippen LogP contribution in [0.15, 0.2) is 39.4 Å². The molecule has 2 aliphatic heterocycles. The van der Waals surface area contributed by atoms with Crippen LogP contribution in [0.25, 0.3) is 10.2 Å². The Morgan fingerprint density at radius 2 is 1.75 bits per heavy atom. The monoisotopic (exact) mass is 588 g/mol. The molecule has 1 amide bonds. The summed E-state index contributed by atoms with van der Waals surface area (Å²) in [5, 5.41) is 0.777. The maximum Gasteiger partial charge on any atom is 0.253 e. The minimum absolute atomic E-state index is 0.159. The second-order valence-corrected chi connectivity index (χ2v) is 15.8. The summed E-state index contributed by atoms with van der Waals surface area (Å²) in [6.07, 6.45) is 3.20. The molecule has 2 aromatic heterocycles. The molecule has 0 saturated carbocycles. The molecule has 3 aromatic rings. The molecule has 14 heteroatoms. The average molecular weight is 589 g/mol. The summed E-state index contributed by atoms with van der Waals surface area (Å²) in [7, 11) is -7.10. The van der Waals surface area contributed by atoms with Crippen LogP contribution in [-0.4, -0.2) is 82.0 Å². The first-order valence-electron chi connectivity index (χ1n) is 11.5. The fourth-order valence-electron chi connectivity index (χ4n) is 4.58. The number of nitrogens with zero attached hydrogens (tertiary/aromatic N) is 4. The number of anilines is 1. The van der Waals surface area contributed by atoms with Crippen molar-refractivity contribution < 1.29 is 21.6 Å². The lowest BCUT2D eigenvalue weighted by molar-refractivity contribution is -0.136. The Morgan fingerprint density at radius 3 is 2.42 bits per heavy atom. The molecule has 2 saturated heterocycles. The molecule has 1 atom stereocenters. The van der Waals surface area contributed by atoms with Gasteiger partial charge in [-0.05, 0) is 43.2 Å². The summed E-state index contributed by atoms with van der Waals surface area (Å²) in [5.41, 5.74) is 0.734. The van der Waals surface area contributed by atoms with Crippen LogP contribution >= 0.6 is 34.3 Å². The van der Waals surface area contributed by atoms with Crippen LogP contribution in [0.3, 0.4) is 0 Å². The molecule has 9 nitrogen and oxygen atoms in total. The lowest BCUT2D eigenvalue weighted by Gasteiger charge is -2.40. The lowest BCUT2D eigenvalue weighted by atomic mass is 10.0. The zero-order valence-electron chi connectivity index (χ0n) is 19.5. The molecule has 0 aliphatic carbocycles. The van der Waals surface area contributed by atoms with Gasteiger partial charge in [0.15, 0.2) is 15.0 Å². The molecular weight excluding hydrogens is 564 g/mol. The van der Waals surface area contributed by atoms with E-state index in [1.54, 1.807) is 29.2 Å². The molecule has 5 rings (SSSR count). The van der Waals surface area contributed by atoms with Crippen LogP contribution in [0, 0.1) is 0 Å². The molecule has 1 aromatic carbocycles. The Labute approximate surface area is 223 Å². The van der Waals surface area contributed by atoms with E-state index in [9.17, 15) is 21.6 Å². The molecule has 0 bridgehead atoms. The van der Waals surface area contributed by atoms with Gasteiger partial charge in [0.05, 0.1) is 19.4 Å². The van der Waals surface area contributed by atoms with Crippen LogP contribution in [0.4, 0.5) is 5.13 Å². The molecule has 2 fully saturated rings. The number of carbonyl (C=O) groups is 1. The van der Waals surface area contributed by atoms with Crippen molar-refractivity contribution in [3.8, 4) is 0 Å². The van der Waals surface area contributed by atoms with E-state index in [1.807, 2.05) is 0 Å². The van der Waals surface area contributed by atoms with Crippen molar-refractivity contribution >= 4 is 75.4 Å². The average Bonchev–Trinajstić information content (AvgIpc) is 3.49. The van der Waals surface area contributed by atoms with Crippen molar-refractivity contribution in [1.29, 1.82) is 0 Å². The van der Waals surface area contributed by atoms with Gasteiger partial charge in [-0.15, -0.1) is 11.3 Å². The predicted molar refractivity (Wildman–Crippen MR) is 142 cm³/mol. The fraction of sp³-hybridized carbons (Fsp3) is 0.455. The number of piperazine rings is 1. The number of hydrogen-bond acceptors (Lipinski definition) is 9. The molecule has 194 valence electrons. The molecule has 2 aliphatic rings. The highest BCUT2D eigenvalue weighted by atomic mass is 35.5. The van der Waals surface area contributed by atoms with Gasteiger partial charge in [0.1, 0.15) is 10.3 Å². The largest absolute Gasteiger partial charge is 0.345 e. The van der Waals surface area contributed by atoms with Crippen molar-refractivity contribution in [3.63, 3.8) is 0 Å². The zero-order valence-corrected chi connectivity index (χ0v) is 23.5. The van der Waals surface area contributed by atoms with Gasteiger partial charge in [0, 0.05) is 39.0 Å². The molecule has 4 heterocycles. The van der Waals surface area contributed by atoms with Crippen LogP contribution in [0.5, 0.6) is 0 Å². The normalized spacial score (nSPS) is 20.2. The summed E-state index contributed by atoms with van der Waals surface area (Å²) < 4.78 is 53.0. The zero-order chi connectivity index (χ0) is 25.7. The molecule has 0 spiro atoms. The first-order valence-corrected chi connectivity index (χ1v) is 16.8. The quantitative estimate of drug-likeness (QED) is 0.450. The molecule has 36 heavy (non-hydrogen) atoms. The van der Waals surface area contributed by atoms with Crippen LogP contribution in [0.2, 0.25) is 4.34 Å². The third-order valence-corrected chi connectivity index (χ3v) is 12.3. The Kier molecular flexibility index (Phi) is 7.07. The Hall–Kier alpha value is -1.77. The standard InChI is InChI=1S/C22H25ClN4O5S4/c1-35(29,30)15-5-6-16-18(14-15)33-22(24-16)26-12-10-25(11-13-26)21(28)17-4-2-3-9-27(17)36(31,32)20-8-7-19(23)34-20/h5-8,14,17H,2-4,9-13H2,1H3. The van der Waals surface area contributed by atoms with Gasteiger partial charge >= 0.3 is 0 Å². The second-order valence-electron chi connectivity index (χ2n) is 8.90. The van der Waals surface area contributed by atoms with E-state index in [1.165, 1.54) is 28.0 Å². The van der Waals surface area contributed by atoms with Crippen molar-refractivity contribution in [1.82, 2.24) is 14.2 Å². The Morgan fingerprint density at radius 1 is 1.00 bits per heavy atom. The Balaban J connectivity index is 1.29. The third kappa shape index (κ3) is 5.01. The summed E-state index contributed by atoms with van der Waals surface area (Å²) in [6.45, 7) is 2.35. The van der Waals surface area contributed by atoms with E-state index in [-0.39, 0.29) is 15.0 Å². The number of thiazole rings is 1. The van der Waals surface area contributed by atoms with Gasteiger partial charge in [-0.2, -0.15) is 4.31 Å². The number of amides is 1. The maximum absolute atomic E-state index is 13.5. The highest BCUT2D eigenvalue weighted by molar-refractivity contribution is 7.91. The van der Waals surface area contributed by atoms with E-state index in [0.717, 1.165) is 33.1 Å². The third-order valence-electron chi connectivity index (χ3n) is 6.49. The SMILES string of the molecule is CS(=O)(=O)c1ccc2nc(N3CCN(C(=O)C4CCCCN4S(=O)(=O)c4ccc(Cl)s4)CC3)sc2c1. The number of fused-ring (bicyclic) bond motifs is 1. The molecular formula is C22H25ClN4O5S4. The number of aromatic nitrogens is 1. The number of piperidine rings is 1. The molecule has 0 N–H and O–H groups in total. The first-order chi connectivity index (χ1) is 17.0. The maximum atomic E-state index is 13.5. The lowest BCUT2D eigenvalue weighted by Crippen LogP contribution is -2.57. The number of halogens is 1. The Bertz CT molecular complexity index is 1510. The number of sulfone groups is 1. The fourth-order valence-corrected chi connectivity index (χ4v) is 9.62. The minimum Gasteiger partial charge on any atom is -0.345 e. The highest BCUT2D eigenvalue weighted by Gasteiger charge is 2.40. The van der Waals surface area contributed by atoms with Crippen LogP contribution in [-0.2, 0) is 24.7 Å². The molecule has 0 radical (unpaired) electrons. The highest BCUT2D eigenvalue weighted by Crippen LogP contribution is 2.34. The predicted octanol–water partition coefficient (Wildman–Crippen LogP) is 3.31. The number of sulfonamides is 1. The second kappa shape index (κ2) is 9.84. The van der Waals surface area contributed by atoms with Gasteiger partial charge in [0.25, 0.3) is 10.0 Å². The van der Waals surface area contributed by atoms with Crippen molar-refractivity contribution in [2.24, 2.45) is 0 Å². The van der Waals surface area contributed by atoms with Gasteiger partial charge in [0.2, 0.25) is 5.91 Å². The molecule has 1 unspecified atom stereocenters. The van der Waals surface area contributed by atoms with E-state index < -0.39 is 25.9 Å². The number of hydrogen-bond donors (Lipinski definition) is 0. The summed E-state index contributed by atoms with van der Waals surface area (Å²) in [4.78, 5) is 22.2. The van der Waals surface area contributed by atoms with Crippen molar-refractivity contribution in [2.75, 3.05) is 43.9 Å². The van der Waals surface area contributed by atoms with Gasteiger partial charge < -0.3 is 9.80 Å². The summed E-state index contributed by atoms with van der Waals surface area (Å²) in [6, 6.07) is 7.26. The number of carbonyl (C=O) groups excluding carboxylic acids is 1. The minimum atomic E-state index is -3.80. The van der Waals surface area contributed by atoms with Crippen molar-refractivity contribution in [3.05, 3.63) is 34.7 Å². The van der Waals surface area contributed by atoms with Crippen molar-refractivity contribution in [2.45, 2.75) is 34.4 Å². The number of rotatable bonds is 5. The van der Waals surface area contributed by atoms with Crippen LogP contribution in [0.1, 0.15) is 19.3 Å². The first kappa shape index (κ1) is 25.9. The van der Waals surface area contributed by atoms with Crippen LogP contribution < -0.4 is 4.90 Å². The summed E-state index contributed by atoms with van der Waals surface area (Å²) >= 11 is 8.40. The number of benzene rings is 1. The van der Waals surface area contributed by atoms with E-state index in [0.29, 0.717) is 49.9 Å². The van der Waals surface area contributed by atoms with E-state index in [2.05, 4.69) is 9.88 Å².